The number of hydrogen-bond donors (Lipinski definition) is 2. The first-order valence-corrected chi connectivity index (χ1v) is 11.2. The van der Waals surface area contributed by atoms with Crippen LogP contribution in [-0.4, -0.2) is 51.6 Å². The summed E-state index contributed by atoms with van der Waals surface area (Å²) in [5.41, 5.74) is -0.313. The van der Waals surface area contributed by atoms with Crippen LogP contribution in [0.3, 0.4) is 0 Å². The van der Waals surface area contributed by atoms with Crippen LogP contribution in [0.1, 0.15) is 5.56 Å². The number of alkyl halides is 3. The molecule has 0 spiro atoms. The molecule has 1 saturated heterocycles. The Hall–Kier alpha value is -2.50. The molecule has 2 aromatic carbocycles. The maximum absolute atomic E-state index is 13.0. The van der Waals surface area contributed by atoms with E-state index >= 15 is 0 Å². The van der Waals surface area contributed by atoms with Crippen molar-refractivity contribution in [3.63, 3.8) is 0 Å². The highest BCUT2D eigenvalue weighted by Crippen LogP contribution is 2.35. The zero-order chi connectivity index (χ0) is 22.4. The smallest absolute Gasteiger partial charge is 0.368 e. The first-order chi connectivity index (χ1) is 14.5. The first-order valence-electron chi connectivity index (χ1n) is 9.34. The summed E-state index contributed by atoms with van der Waals surface area (Å²) < 4.78 is 66.2. The highest BCUT2D eigenvalue weighted by Gasteiger charge is 2.38. The molecule has 0 saturated carbocycles. The standard InChI is InChI=1S/C19H18ClF3N4O3S/c20-13-2-4-14(5-3-13)26-7-9-27(10-8-26)18(28)17-24-15-11-12(19(21,22)23)1-6-16(15)31(29,30)25-17/h1-6,11,17,24-25H,7-10H2/t17-/m0/s1. The van der Waals surface area contributed by atoms with Gasteiger partial charge in [-0.05, 0) is 42.5 Å². The lowest BCUT2D eigenvalue weighted by Gasteiger charge is -2.38. The van der Waals surface area contributed by atoms with Crippen molar-refractivity contribution in [2.45, 2.75) is 17.2 Å². The Morgan fingerprint density at radius 1 is 1.03 bits per heavy atom. The second-order valence-corrected chi connectivity index (χ2v) is 9.31. The Balaban J connectivity index is 1.48. The van der Waals surface area contributed by atoms with Crippen LogP contribution in [0.2, 0.25) is 5.02 Å². The van der Waals surface area contributed by atoms with E-state index in [1.807, 2.05) is 12.1 Å². The summed E-state index contributed by atoms with van der Waals surface area (Å²) in [7, 11) is -4.15. The quantitative estimate of drug-likeness (QED) is 0.699. The number of amides is 1. The van der Waals surface area contributed by atoms with E-state index in [0.717, 1.165) is 11.8 Å². The number of benzene rings is 2. The van der Waals surface area contributed by atoms with Gasteiger partial charge in [0.1, 0.15) is 4.90 Å². The Bertz CT molecular complexity index is 1100. The third kappa shape index (κ3) is 4.43. The van der Waals surface area contributed by atoms with E-state index in [0.29, 0.717) is 43.3 Å². The minimum Gasteiger partial charge on any atom is -0.368 e. The van der Waals surface area contributed by atoms with Gasteiger partial charge in [-0.3, -0.25) is 4.79 Å². The second kappa shape index (κ2) is 7.88. The molecule has 7 nitrogen and oxygen atoms in total. The molecule has 12 heteroatoms. The van der Waals surface area contributed by atoms with Crippen molar-refractivity contribution in [1.29, 1.82) is 0 Å². The number of halogens is 4. The molecular formula is C19H18ClF3N4O3S. The van der Waals surface area contributed by atoms with E-state index in [4.69, 9.17) is 11.6 Å². The molecule has 1 atom stereocenters. The van der Waals surface area contributed by atoms with E-state index < -0.39 is 33.8 Å². The van der Waals surface area contributed by atoms with Gasteiger partial charge in [-0.1, -0.05) is 11.6 Å². The van der Waals surface area contributed by atoms with Gasteiger partial charge in [0, 0.05) is 36.9 Å². The summed E-state index contributed by atoms with van der Waals surface area (Å²) in [6, 6.07) is 9.53. The molecule has 2 heterocycles. The van der Waals surface area contributed by atoms with Crippen molar-refractivity contribution in [2.75, 3.05) is 36.4 Å². The number of carbonyl (C=O) groups excluding carboxylic acids is 1. The molecule has 4 rings (SSSR count). The van der Waals surface area contributed by atoms with Crippen LogP contribution >= 0.6 is 11.6 Å². The van der Waals surface area contributed by atoms with Crippen LogP contribution in [0.15, 0.2) is 47.4 Å². The number of nitrogens with one attached hydrogen (secondary N) is 2. The summed E-state index contributed by atoms with van der Waals surface area (Å²) >= 11 is 5.90. The number of rotatable bonds is 2. The van der Waals surface area contributed by atoms with Gasteiger partial charge < -0.3 is 15.1 Å². The Kier molecular flexibility index (Phi) is 5.52. The molecule has 1 amide bonds. The van der Waals surface area contributed by atoms with Gasteiger partial charge in [0.25, 0.3) is 5.91 Å². The summed E-state index contributed by atoms with van der Waals surface area (Å²) in [5.74, 6) is -0.553. The maximum atomic E-state index is 13.0. The highest BCUT2D eigenvalue weighted by molar-refractivity contribution is 7.89. The summed E-state index contributed by atoms with van der Waals surface area (Å²) in [5, 5.41) is 3.21. The fourth-order valence-electron chi connectivity index (χ4n) is 3.59. The third-order valence-electron chi connectivity index (χ3n) is 5.20. The van der Waals surface area contributed by atoms with Gasteiger partial charge in [0.2, 0.25) is 10.0 Å². The minimum absolute atomic E-state index is 0.258. The van der Waals surface area contributed by atoms with Crippen molar-refractivity contribution in [2.24, 2.45) is 0 Å². The lowest BCUT2D eigenvalue weighted by atomic mass is 10.2. The maximum Gasteiger partial charge on any atom is 0.416 e. The van der Waals surface area contributed by atoms with E-state index in [1.165, 1.54) is 4.90 Å². The normalized spacial score (nSPS) is 20.7. The van der Waals surface area contributed by atoms with Crippen molar-refractivity contribution >= 4 is 38.9 Å². The fraction of sp³-hybridized carbons (Fsp3) is 0.316. The van der Waals surface area contributed by atoms with Gasteiger partial charge in [0.05, 0.1) is 11.3 Å². The summed E-state index contributed by atoms with van der Waals surface area (Å²) in [6.45, 7) is 1.69. The average Bonchev–Trinajstić information content (AvgIpc) is 2.72. The number of hydrogen-bond acceptors (Lipinski definition) is 5. The predicted octanol–water partition coefficient (Wildman–Crippen LogP) is 2.74. The van der Waals surface area contributed by atoms with Crippen molar-refractivity contribution in [1.82, 2.24) is 9.62 Å². The molecule has 0 aromatic heterocycles. The SMILES string of the molecule is O=C([C@H]1Nc2cc(C(F)(F)F)ccc2S(=O)(=O)N1)N1CCN(c2ccc(Cl)cc2)CC1. The molecule has 0 bridgehead atoms. The van der Waals surface area contributed by atoms with Gasteiger partial charge in [0.15, 0.2) is 6.17 Å². The number of carbonyl (C=O) groups is 1. The molecule has 166 valence electrons. The molecule has 1 fully saturated rings. The molecular weight excluding hydrogens is 457 g/mol. The largest absolute Gasteiger partial charge is 0.416 e. The highest BCUT2D eigenvalue weighted by atomic mass is 35.5. The predicted molar refractivity (Wildman–Crippen MR) is 109 cm³/mol. The number of piperazine rings is 1. The van der Waals surface area contributed by atoms with Gasteiger partial charge in [-0.15, -0.1) is 0 Å². The molecule has 2 aromatic rings. The molecule has 2 aliphatic heterocycles. The monoisotopic (exact) mass is 474 g/mol. The lowest BCUT2D eigenvalue weighted by molar-refractivity contribution is -0.137. The third-order valence-corrected chi connectivity index (χ3v) is 6.93. The average molecular weight is 475 g/mol. The van der Waals surface area contributed by atoms with Gasteiger partial charge in [-0.25, -0.2) is 8.42 Å². The molecule has 31 heavy (non-hydrogen) atoms. The van der Waals surface area contributed by atoms with Gasteiger partial charge in [-0.2, -0.15) is 17.9 Å². The van der Waals surface area contributed by atoms with E-state index in [1.54, 1.807) is 12.1 Å². The molecule has 0 radical (unpaired) electrons. The van der Waals surface area contributed by atoms with Crippen LogP contribution in [0.4, 0.5) is 24.5 Å². The molecule has 2 aliphatic rings. The number of sulfonamides is 1. The van der Waals surface area contributed by atoms with Crippen LogP contribution in [-0.2, 0) is 21.0 Å². The number of fused-ring (bicyclic) bond motifs is 1. The fourth-order valence-corrected chi connectivity index (χ4v) is 4.97. The van der Waals surface area contributed by atoms with Crippen LogP contribution in [0.25, 0.3) is 0 Å². The van der Waals surface area contributed by atoms with Crippen molar-refractivity contribution < 1.29 is 26.4 Å². The topological polar surface area (TPSA) is 81.7 Å². The molecule has 0 aliphatic carbocycles. The van der Waals surface area contributed by atoms with Crippen LogP contribution in [0.5, 0.6) is 0 Å². The molecule has 2 N–H and O–H groups in total. The Morgan fingerprint density at radius 2 is 1.68 bits per heavy atom. The van der Waals surface area contributed by atoms with Crippen LogP contribution < -0.4 is 14.9 Å². The van der Waals surface area contributed by atoms with Gasteiger partial charge >= 0.3 is 6.18 Å². The van der Waals surface area contributed by atoms with Crippen molar-refractivity contribution in [3.8, 4) is 0 Å². The molecule has 0 unspecified atom stereocenters. The number of anilines is 2. The van der Waals surface area contributed by atoms with E-state index in [-0.39, 0.29) is 10.6 Å². The van der Waals surface area contributed by atoms with Crippen LogP contribution in [0, 0.1) is 0 Å². The van der Waals surface area contributed by atoms with E-state index in [9.17, 15) is 26.4 Å². The Morgan fingerprint density at radius 3 is 2.29 bits per heavy atom. The zero-order valence-corrected chi connectivity index (χ0v) is 17.6. The van der Waals surface area contributed by atoms with Crippen molar-refractivity contribution in [3.05, 3.63) is 53.1 Å². The Labute approximate surface area is 181 Å². The minimum atomic E-state index is -4.64. The first kappa shape index (κ1) is 21.7. The summed E-state index contributed by atoms with van der Waals surface area (Å²) in [6.07, 6.45) is -6.02. The zero-order valence-electron chi connectivity index (χ0n) is 16.0. The second-order valence-electron chi connectivity index (χ2n) is 7.20. The lowest BCUT2D eigenvalue weighted by Crippen LogP contribution is -2.58. The number of nitrogens with zero attached hydrogens (tertiary/aromatic N) is 2. The summed E-state index contributed by atoms with van der Waals surface area (Å²) in [4.78, 5) is 16.1. The van der Waals surface area contributed by atoms with E-state index in [2.05, 4.69) is 14.9 Å².